The minimum Gasteiger partial charge on any atom is -0.229 e. The monoisotopic (exact) mass is 305 g/mol. The lowest BCUT2D eigenvalue weighted by atomic mass is 10.2. The van der Waals surface area contributed by atoms with Crippen molar-refractivity contribution in [1.82, 2.24) is 4.98 Å². The van der Waals surface area contributed by atoms with Crippen molar-refractivity contribution in [3.05, 3.63) is 26.1 Å². The van der Waals surface area contributed by atoms with E-state index < -0.39 is 0 Å². The van der Waals surface area contributed by atoms with Crippen LogP contribution in [0.2, 0.25) is 0 Å². The maximum Gasteiger partial charge on any atom is 0.160 e. The Morgan fingerprint density at radius 2 is 2.08 bits per heavy atom. The molecule has 1 heterocycles. The highest BCUT2D eigenvalue weighted by Crippen LogP contribution is 2.31. The van der Waals surface area contributed by atoms with E-state index in [1.807, 2.05) is 6.07 Å². The van der Waals surface area contributed by atoms with E-state index in [1.165, 1.54) is 10.3 Å². The Morgan fingerprint density at radius 1 is 1.33 bits per heavy atom. The summed E-state index contributed by atoms with van der Waals surface area (Å²) in [4.78, 5) is 4.34. The zero-order valence-corrected chi connectivity index (χ0v) is 10.3. The van der Waals surface area contributed by atoms with Gasteiger partial charge in [0.05, 0.1) is 10.2 Å². The summed E-state index contributed by atoms with van der Waals surface area (Å²) < 4.78 is 3.29. The fraction of sp³-hybridized carbons (Fsp3) is 0.125. The predicted octanol–water partition coefficient (Wildman–Crippen LogP) is 4.13. The van der Waals surface area contributed by atoms with E-state index in [1.54, 1.807) is 11.3 Å². The smallest absolute Gasteiger partial charge is 0.160 e. The van der Waals surface area contributed by atoms with Gasteiger partial charge >= 0.3 is 0 Å². The SMILES string of the molecule is Cc1cc(Br)cc2nc(Br)sc12. The fourth-order valence-corrected chi connectivity index (χ4v) is 3.11. The first kappa shape index (κ1) is 8.66. The summed E-state index contributed by atoms with van der Waals surface area (Å²) in [5.74, 6) is 0. The number of fused-ring (bicyclic) bond motifs is 1. The summed E-state index contributed by atoms with van der Waals surface area (Å²) in [5, 5.41) is 0. The standard InChI is InChI=1S/C8H5Br2NS/c1-4-2-5(9)3-6-7(4)12-8(10)11-6/h2-3H,1H3. The van der Waals surface area contributed by atoms with Gasteiger partial charge in [0.2, 0.25) is 0 Å². The Morgan fingerprint density at radius 3 is 2.83 bits per heavy atom. The molecular formula is C8H5Br2NS. The molecule has 0 unspecified atom stereocenters. The van der Waals surface area contributed by atoms with E-state index in [0.717, 1.165) is 13.9 Å². The molecule has 0 aliphatic rings. The molecule has 2 aromatic rings. The first-order chi connectivity index (χ1) is 5.66. The second-order valence-electron chi connectivity index (χ2n) is 2.54. The van der Waals surface area contributed by atoms with Crippen LogP contribution in [0.3, 0.4) is 0 Å². The van der Waals surface area contributed by atoms with Gasteiger partial charge in [0, 0.05) is 4.47 Å². The average Bonchev–Trinajstić information content (AvgIpc) is 2.29. The van der Waals surface area contributed by atoms with Crippen LogP contribution >= 0.6 is 43.2 Å². The second-order valence-corrected chi connectivity index (χ2v) is 5.73. The molecule has 0 radical (unpaired) electrons. The third kappa shape index (κ3) is 1.43. The minimum absolute atomic E-state index is 0.943. The number of rotatable bonds is 0. The topological polar surface area (TPSA) is 12.9 Å². The van der Waals surface area contributed by atoms with Gasteiger partial charge in [-0.05, 0) is 40.5 Å². The largest absolute Gasteiger partial charge is 0.229 e. The molecule has 0 saturated heterocycles. The minimum atomic E-state index is 0.943. The van der Waals surface area contributed by atoms with Crippen molar-refractivity contribution < 1.29 is 0 Å². The Bertz CT molecular complexity index is 436. The van der Waals surface area contributed by atoms with Gasteiger partial charge < -0.3 is 0 Å². The van der Waals surface area contributed by atoms with Crippen molar-refractivity contribution in [2.45, 2.75) is 6.92 Å². The predicted molar refractivity (Wildman–Crippen MR) is 59.8 cm³/mol. The van der Waals surface area contributed by atoms with Gasteiger partial charge in [-0.15, -0.1) is 11.3 Å². The summed E-state index contributed by atoms with van der Waals surface area (Å²) in [5.41, 5.74) is 2.32. The van der Waals surface area contributed by atoms with Crippen LogP contribution in [0, 0.1) is 6.92 Å². The van der Waals surface area contributed by atoms with Crippen LogP contribution in [0.5, 0.6) is 0 Å². The van der Waals surface area contributed by atoms with Crippen molar-refractivity contribution in [2.75, 3.05) is 0 Å². The number of benzene rings is 1. The van der Waals surface area contributed by atoms with E-state index in [4.69, 9.17) is 0 Å². The molecule has 0 amide bonds. The highest BCUT2D eigenvalue weighted by Gasteiger charge is 2.04. The number of nitrogens with zero attached hydrogens (tertiary/aromatic N) is 1. The number of thiazole rings is 1. The molecule has 0 saturated carbocycles. The summed E-state index contributed by atoms with van der Waals surface area (Å²) in [6.07, 6.45) is 0. The van der Waals surface area contributed by atoms with E-state index in [9.17, 15) is 0 Å². The van der Waals surface area contributed by atoms with Gasteiger partial charge in [-0.3, -0.25) is 0 Å². The number of hydrogen-bond donors (Lipinski definition) is 0. The number of hydrogen-bond acceptors (Lipinski definition) is 2. The van der Waals surface area contributed by atoms with Crippen molar-refractivity contribution in [1.29, 1.82) is 0 Å². The van der Waals surface area contributed by atoms with Crippen molar-refractivity contribution >= 4 is 53.4 Å². The number of aromatic nitrogens is 1. The van der Waals surface area contributed by atoms with E-state index in [-0.39, 0.29) is 0 Å². The second kappa shape index (κ2) is 3.09. The van der Waals surface area contributed by atoms with E-state index in [2.05, 4.69) is 49.8 Å². The quantitative estimate of drug-likeness (QED) is 0.713. The zero-order chi connectivity index (χ0) is 8.72. The van der Waals surface area contributed by atoms with Crippen molar-refractivity contribution in [3.8, 4) is 0 Å². The van der Waals surface area contributed by atoms with Crippen LogP contribution in [0.1, 0.15) is 5.56 Å². The first-order valence-corrected chi connectivity index (χ1v) is 5.79. The van der Waals surface area contributed by atoms with Gasteiger partial charge in [0.15, 0.2) is 3.92 Å². The molecular weight excluding hydrogens is 302 g/mol. The van der Waals surface area contributed by atoms with Gasteiger partial charge in [-0.1, -0.05) is 15.9 Å². The third-order valence-electron chi connectivity index (χ3n) is 1.61. The normalized spacial score (nSPS) is 10.9. The molecule has 1 aromatic carbocycles. The maximum atomic E-state index is 4.34. The van der Waals surface area contributed by atoms with Crippen LogP contribution in [-0.2, 0) is 0 Å². The van der Waals surface area contributed by atoms with E-state index in [0.29, 0.717) is 0 Å². The van der Waals surface area contributed by atoms with Crippen LogP contribution < -0.4 is 0 Å². The summed E-state index contributed by atoms with van der Waals surface area (Å²) in [6, 6.07) is 4.14. The zero-order valence-electron chi connectivity index (χ0n) is 6.27. The molecule has 0 atom stereocenters. The van der Waals surface area contributed by atoms with E-state index >= 15 is 0 Å². The van der Waals surface area contributed by atoms with Crippen LogP contribution in [0.15, 0.2) is 20.5 Å². The lowest BCUT2D eigenvalue weighted by Gasteiger charge is -1.94. The summed E-state index contributed by atoms with van der Waals surface area (Å²) in [6.45, 7) is 2.09. The van der Waals surface area contributed by atoms with Gasteiger partial charge in [0.1, 0.15) is 0 Å². The molecule has 62 valence electrons. The molecule has 1 nitrogen and oxygen atoms in total. The van der Waals surface area contributed by atoms with Crippen LogP contribution in [0.4, 0.5) is 0 Å². The Labute approximate surface area is 91.1 Å². The molecule has 2 rings (SSSR count). The highest BCUT2D eigenvalue weighted by molar-refractivity contribution is 9.11. The first-order valence-electron chi connectivity index (χ1n) is 3.39. The van der Waals surface area contributed by atoms with Gasteiger partial charge in [0.25, 0.3) is 0 Å². The van der Waals surface area contributed by atoms with Crippen LogP contribution in [-0.4, -0.2) is 4.98 Å². The van der Waals surface area contributed by atoms with Gasteiger partial charge in [-0.2, -0.15) is 0 Å². The van der Waals surface area contributed by atoms with Gasteiger partial charge in [-0.25, -0.2) is 4.98 Å². The molecule has 0 spiro atoms. The number of halogens is 2. The lowest BCUT2D eigenvalue weighted by Crippen LogP contribution is -1.73. The summed E-state index contributed by atoms with van der Waals surface area (Å²) in [7, 11) is 0. The highest BCUT2D eigenvalue weighted by atomic mass is 79.9. The third-order valence-corrected chi connectivity index (χ3v) is 3.73. The molecule has 0 bridgehead atoms. The molecule has 1 aromatic heterocycles. The lowest BCUT2D eigenvalue weighted by molar-refractivity contribution is 1.43. The molecule has 4 heteroatoms. The maximum absolute atomic E-state index is 4.34. The van der Waals surface area contributed by atoms with Crippen LogP contribution in [0.25, 0.3) is 10.2 Å². The molecule has 0 aliphatic heterocycles. The molecule has 12 heavy (non-hydrogen) atoms. The number of aryl methyl sites for hydroxylation is 1. The Balaban J connectivity index is 2.88. The fourth-order valence-electron chi connectivity index (χ4n) is 1.13. The summed E-state index contributed by atoms with van der Waals surface area (Å²) >= 11 is 8.49. The molecule has 0 fully saturated rings. The Kier molecular flexibility index (Phi) is 2.23. The average molecular weight is 307 g/mol. The molecule has 0 aliphatic carbocycles. The van der Waals surface area contributed by atoms with Crippen molar-refractivity contribution in [2.24, 2.45) is 0 Å². The van der Waals surface area contributed by atoms with Crippen molar-refractivity contribution in [3.63, 3.8) is 0 Å². The molecule has 0 N–H and O–H groups in total. The Hall–Kier alpha value is 0.0700.